The van der Waals surface area contributed by atoms with Crippen LogP contribution in [-0.2, 0) is 10.3 Å². The number of carbonyl (C=O) groups is 2. The van der Waals surface area contributed by atoms with E-state index in [0.717, 1.165) is 29.7 Å². The Morgan fingerprint density at radius 1 is 1.11 bits per heavy atom. The fourth-order valence-electron chi connectivity index (χ4n) is 6.77. The van der Waals surface area contributed by atoms with E-state index in [1.54, 1.807) is 36.4 Å². The highest BCUT2D eigenvalue weighted by atomic mass is 16.6. The van der Waals surface area contributed by atoms with Gasteiger partial charge in [-0.15, -0.1) is 0 Å². The van der Waals surface area contributed by atoms with Crippen molar-refractivity contribution >= 4 is 23.1 Å². The van der Waals surface area contributed by atoms with Gasteiger partial charge in [0.2, 0.25) is 5.91 Å². The minimum atomic E-state index is -1.15. The zero-order chi connectivity index (χ0) is 25.7. The Hall–Kier alpha value is -4.04. The van der Waals surface area contributed by atoms with Crippen molar-refractivity contribution in [3.8, 4) is 5.75 Å². The largest absolute Gasteiger partial charge is 0.494 e. The predicted octanol–water partition coefficient (Wildman–Crippen LogP) is 4.90. The van der Waals surface area contributed by atoms with Gasteiger partial charge in [-0.2, -0.15) is 0 Å². The smallest absolute Gasteiger partial charge is 0.269 e. The second-order valence-electron chi connectivity index (χ2n) is 9.84. The number of ether oxygens (including phenoxy) is 1. The maximum Gasteiger partial charge on any atom is 0.269 e. The number of ketones is 1. The number of hydrogen-bond acceptors (Lipinski definition) is 6. The van der Waals surface area contributed by atoms with Gasteiger partial charge in [-0.3, -0.25) is 24.6 Å². The summed E-state index contributed by atoms with van der Waals surface area (Å²) < 4.78 is 5.57. The van der Waals surface area contributed by atoms with E-state index in [0.29, 0.717) is 24.5 Å². The number of amides is 1. The summed E-state index contributed by atoms with van der Waals surface area (Å²) in [5, 5.41) is 14.4. The zero-order valence-corrected chi connectivity index (χ0v) is 20.4. The average Bonchev–Trinajstić information content (AvgIpc) is 3.57. The lowest BCUT2D eigenvalue weighted by atomic mass is 9.69. The lowest BCUT2D eigenvalue weighted by molar-refractivity contribution is -0.384. The summed E-state index contributed by atoms with van der Waals surface area (Å²) in [6.45, 7) is 3.12. The molecule has 3 heterocycles. The third-order valence-electron chi connectivity index (χ3n) is 8.13. The maximum atomic E-state index is 14.5. The summed E-state index contributed by atoms with van der Waals surface area (Å²) in [7, 11) is 0. The standard InChI is InChI=1S/C29H27N3O5/c1-2-37-21-15-11-19(12-16-21)27(33)26-25(18-9-13-20(14-10-18)32(35)36)24-8-5-17-31(24)29(26)22-6-3-4-7-23(22)30-28(29)34/h3-4,6-7,9-16,24-26H,2,5,8,17H2,1H3,(H,30,34)/t24?,25?,26?,29-/m1/s1. The van der Waals surface area contributed by atoms with Crippen LogP contribution in [0, 0.1) is 16.0 Å². The number of rotatable bonds is 6. The molecule has 0 saturated carbocycles. The first-order chi connectivity index (χ1) is 18.0. The van der Waals surface area contributed by atoms with Gasteiger partial charge in [0.05, 0.1) is 17.4 Å². The predicted molar refractivity (Wildman–Crippen MR) is 138 cm³/mol. The molecule has 8 nitrogen and oxygen atoms in total. The van der Waals surface area contributed by atoms with Crippen LogP contribution in [0.5, 0.6) is 5.75 Å². The minimum absolute atomic E-state index is 0.00178. The van der Waals surface area contributed by atoms with E-state index in [9.17, 15) is 19.7 Å². The third-order valence-corrected chi connectivity index (χ3v) is 8.13. The molecule has 3 aromatic carbocycles. The molecule has 8 heteroatoms. The number of fused-ring (bicyclic) bond motifs is 4. The number of anilines is 1. The minimum Gasteiger partial charge on any atom is -0.494 e. The molecule has 1 N–H and O–H groups in total. The zero-order valence-electron chi connectivity index (χ0n) is 20.4. The van der Waals surface area contributed by atoms with Crippen molar-refractivity contribution in [3.63, 3.8) is 0 Å². The first-order valence-corrected chi connectivity index (χ1v) is 12.7. The van der Waals surface area contributed by atoms with Crippen molar-refractivity contribution in [1.82, 2.24) is 4.90 Å². The SMILES string of the molecule is CCOc1ccc(C(=O)C2C(c3ccc([N+](=O)[O-])cc3)C3CCCN3[C@@]23C(=O)Nc2ccccc23)cc1. The number of carbonyl (C=O) groups excluding carboxylic acids is 2. The van der Waals surface area contributed by atoms with E-state index in [-0.39, 0.29) is 29.3 Å². The van der Waals surface area contributed by atoms with Crippen molar-refractivity contribution in [2.24, 2.45) is 5.92 Å². The van der Waals surface area contributed by atoms with E-state index in [1.165, 1.54) is 12.1 Å². The molecule has 2 fully saturated rings. The molecule has 3 aromatic rings. The normalized spacial score (nSPS) is 26.1. The van der Waals surface area contributed by atoms with Crippen LogP contribution >= 0.6 is 0 Å². The molecular formula is C29H27N3O5. The average molecular weight is 498 g/mol. The number of nitro groups is 1. The van der Waals surface area contributed by atoms with Gasteiger partial charge in [0.1, 0.15) is 11.3 Å². The molecule has 188 valence electrons. The van der Waals surface area contributed by atoms with E-state index in [4.69, 9.17) is 4.74 Å². The molecule has 6 rings (SSSR count). The molecule has 3 aliphatic rings. The van der Waals surface area contributed by atoms with Crippen molar-refractivity contribution in [2.45, 2.75) is 37.3 Å². The molecule has 0 bridgehead atoms. The van der Waals surface area contributed by atoms with Crippen LogP contribution in [0.15, 0.2) is 72.8 Å². The Morgan fingerprint density at radius 2 is 1.84 bits per heavy atom. The monoisotopic (exact) mass is 497 g/mol. The molecular weight excluding hydrogens is 470 g/mol. The quantitative estimate of drug-likeness (QED) is 0.295. The highest BCUT2D eigenvalue weighted by molar-refractivity contribution is 6.12. The highest BCUT2D eigenvalue weighted by Gasteiger charge is 2.69. The Morgan fingerprint density at radius 3 is 2.54 bits per heavy atom. The molecule has 0 aromatic heterocycles. The Labute approximate surface area is 214 Å². The molecule has 3 unspecified atom stereocenters. The van der Waals surface area contributed by atoms with Crippen LogP contribution in [0.4, 0.5) is 11.4 Å². The number of nitro benzene ring substituents is 1. The highest BCUT2D eigenvalue weighted by Crippen LogP contribution is 2.61. The maximum absolute atomic E-state index is 14.5. The Bertz CT molecular complexity index is 1390. The van der Waals surface area contributed by atoms with Crippen LogP contribution in [-0.4, -0.2) is 40.7 Å². The first-order valence-electron chi connectivity index (χ1n) is 12.7. The topological polar surface area (TPSA) is 102 Å². The fourth-order valence-corrected chi connectivity index (χ4v) is 6.77. The summed E-state index contributed by atoms with van der Waals surface area (Å²) >= 11 is 0. The second kappa shape index (κ2) is 8.81. The van der Waals surface area contributed by atoms with Crippen LogP contribution in [0.1, 0.15) is 47.2 Å². The molecule has 4 atom stereocenters. The van der Waals surface area contributed by atoms with Gasteiger partial charge in [0, 0.05) is 40.9 Å². The molecule has 1 spiro atoms. The summed E-state index contributed by atoms with van der Waals surface area (Å²) in [5.41, 5.74) is 1.74. The summed E-state index contributed by atoms with van der Waals surface area (Å²) in [6, 6.07) is 21.1. The van der Waals surface area contributed by atoms with Crippen molar-refractivity contribution in [2.75, 3.05) is 18.5 Å². The molecule has 0 radical (unpaired) electrons. The number of nitrogens with zero attached hydrogens (tertiary/aromatic N) is 2. The molecule has 37 heavy (non-hydrogen) atoms. The van der Waals surface area contributed by atoms with Gasteiger partial charge in [-0.1, -0.05) is 30.3 Å². The van der Waals surface area contributed by atoms with Crippen molar-refractivity contribution in [3.05, 3.63) is 99.6 Å². The van der Waals surface area contributed by atoms with Crippen LogP contribution in [0.3, 0.4) is 0 Å². The lowest BCUT2D eigenvalue weighted by Gasteiger charge is -2.36. The molecule has 3 aliphatic heterocycles. The molecule has 0 aliphatic carbocycles. The summed E-state index contributed by atoms with van der Waals surface area (Å²) in [5.74, 6) is -0.640. The Balaban J connectivity index is 1.54. The number of hydrogen-bond donors (Lipinski definition) is 1. The van der Waals surface area contributed by atoms with Crippen LogP contribution in [0.25, 0.3) is 0 Å². The van der Waals surface area contributed by atoms with Crippen molar-refractivity contribution < 1.29 is 19.2 Å². The van der Waals surface area contributed by atoms with Gasteiger partial charge < -0.3 is 10.1 Å². The van der Waals surface area contributed by atoms with Crippen LogP contribution in [0.2, 0.25) is 0 Å². The van der Waals surface area contributed by atoms with Gasteiger partial charge >= 0.3 is 0 Å². The molecule has 2 saturated heterocycles. The van der Waals surface area contributed by atoms with Crippen LogP contribution < -0.4 is 10.1 Å². The number of non-ortho nitro benzene ring substituents is 1. The van der Waals surface area contributed by atoms with E-state index in [2.05, 4.69) is 10.2 Å². The third kappa shape index (κ3) is 3.39. The fraction of sp³-hybridized carbons (Fsp3) is 0.310. The van der Waals surface area contributed by atoms with E-state index in [1.807, 2.05) is 31.2 Å². The van der Waals surface area contributed by atoms with Gasteiger partial charge in [0.15, 0.2) is 5.78 Å². The number of para-hydroxylation sites is 1. The number of nitrogens with one attached hydrogen (secondary N) is 1. The number of benzene rings is 3. The second-order valence-corrected chi connectivity index (χ2v) is 9.84. The first kappa shape index (κ1) is 23.4. The van der Waals surface area contributed by atoms with E-state index >= 15 is 0 Å². The lowest BCUT2D eigenvalue weighted by Crippen LogP contribution is -2.52. The summed E-state index contributed by atoms with van der Waals surface area (Å²) in [6.07, 6.45) is 1.75. The van der Waals surface area contributed by atoms with Gasteiger partial charge in [-0.05, 0) is 62.2 Å². The Kier molecular flexibility index (Phi) is 5.56. The number of Topliss-reactive ketones (excluding diaryl/α,β-unsaturated/α-hetero) is 1. The van der Waals surface area contributed by atoms with Crippen molar-refractivity contribution in [1.29, 1.82) is 0 Å². The van der Waals surface area contributed by atoms with Gasteiger partial charge in [-0.25, -0.2) is 0 Å². The van der Waals surface area contributed by atoms with Gasteiger partial charge in [0.25, 0.3) is 5.69 Å². The van der Waals surface area contributed by atoms with E-state index < -0.39 is 16.4 Å². The summed E-state index contributed by atoms with van der Waals surface area (Å²) in [4.78, 5) is 41.6. The molecule has 1 amide bonds.